The lowest BCUT2D eigenvalue weighted by atomic mass is 10.0. The number of nitrogens with zero attached hydrogens (tertiary/aromatic N) is 1. The fourth-order valence-electron chi connectivity index (χ4n) is 2.90. The van der Waals surface area contributed by atoms with Gasteiger partial charge in [0.15, 0.2) is 5.96 Å². The van der Waals surface area contributed by atoms with Gasteiger partial charge in [0.2, 0.25) is 0 Å². The highest BCUT2D eigenvalue weighted by molar-refractivity contribution is 6.30. The van der Waals surface area contributed by atoms with Gasteiger partial charge in [-0.1, -0.05) is 17.7 Å². The second-order valence-electron chi connectivity index (χ2n) is 6.56. The first-order valence-electron chi connectivity index (χ1n) is 9.73. The molecule has 1 aliphatic heterocycles. The molecule has 1 saturated heterocycles. The third-order valence-corrected chi connectivity index (χ3v) is 4.69. The van der Waals surface area contributed by atoms with E-state index in [1.165, 1.54) is 0 Å². The molecule has 2 N–H and O–H groups in total. The van der Waals surface area contributed by atoms with Crippen molar-refractivity contribution in [3.63, 3.8) is 0 Å². The molecule has 27 heavy (non-hydrogen) atoms. The number of benzene rings is 1. The molecule has 0 aromatic heterocycles. The maximum atomic E-state index is 6.01. The predicted molar refractivity (Wildman–Crippen MR) is 110 cm³/mol. The van der Waals surface area contributed by atoms with E-state index in [-0.39, 0.29) is 0 Å². The molecule has 0 unspecified atom stereocenters. The van der Waals surface area contributed by atoms with Gasteiger partial charge in [0, 0.05) is 50.1 Å². The predicted octanol–water partition coefficient (Wildman–Crippen LogP) is 3.24. The number of methoxy groups -OCH3 is 1. The average Bonchev–Trinajstić information content (AvgIpc) is 2.70. The van der Waals surface area contributed by atoms with E-state index < -0.39 is 0 Å². The van der Waals surface area contributed by atoms with E-state index in [0.29, 0.717) is 17.5 Å². The molecule has 0 radical (unpaired) electrons. The summed E-state index contributed by atoms with van der Waals surface area (Å²) in [6, 6.07) is 5.60. The van der Waals surface area contributed by atoms with Crippen molar-refractivity contribution in [3.05, 3.63) is 28.8 Å². The van der Waals surface area contributed by atoms with Crippen molar-refractivity contribution in [3.8, 4) is 5.75 Å². The maximum Gasteiger partial charge on any atom is 0.191 e. The summed E-state index contributed by atoms with van der Waals surface area (Å²) in [6.07, 6.45) is 3.17. The van der Waals surface area contributed by atoms with Crippen LogP contribution in [0, 0.1) is 5.92 Å². The summed E-state index contributed by atoms with van der Waals surface area (Å²) in [5, 5.41) is 7.27. The Labute approximate surface area is 167 Å². The number of halogens is 1. The number of hydrogen-bond acceptors (Lipinski definition) is 4. The maximum absolute atomic E-state index is 6.01. The van der Waals surface area contributed by atoms with Crippen LogP contribution in [0.4, 0.5) is 0 Å². The van der Waals surface area contributed by atoms with E-state index in [4.69, 9.17) is 25.8 Å². The van der Waals surface area contributed by atoms with E-state index in [2.05, 4.69) is 22.5 Å². The number of hydrogen-bond donors (Lipinski definition) is 2. The van der Waals surface area contributed by atoms with Crippen LogP contribution in [0.25, 0.3) is 0 Å². The summed E-state index contributed by atoms with van der Waals surface area (Å²) in [7, 11) is 1.64. The lowest BCUT2D eigenvalue weighted by Gasteiger charge is -2.21. The molecular weight excluding hydrogens is 366 g/mol. The molecule has 1 fully saturated rings. The van der Waals surface area contributed by atoms with Crippen molar-refractivity contribution in [2.24, 2.45) is 10.9 Å². The monoisotopic (exact) mass is 397 g/mol. The third-order valence-electron chi connectivity index (χ3n) is 4.45. The van der Waals surface area contributed by atoms with Crippen molar-refractivity contribution >= 4 is 17.6 Å². The quantitative estimate of drug-likeness (QED) is 0.360. The molecule has 1 aromatic carbocycles. The molecule has 6 nitrogen and oxygen atoms in total. The summed E-state index contributed by atoms with van der Waals surface area (Å²) < 4.78 is 16.5. The minimum atomic E-state index is 0.524. The van der Waals surface area contributed by atoms with Gasteiger partial charge in [-0.3, -0.25) is 0 Å². The first-order chi connectivity index (χ1) is 13.2. The van der Waals surface area contributed by atoms with Crippen molar-refractivity contribution in [2.75, 3.05) is 46.6 Å². The van der Waals surface area contributed by atoms with Crippen molar-refractivity contribution in [1.29, 1.82) is 0 Å². The van der Waals surface area contributed by atoms with Crippen molar-refractivity contribution in [2.45, 2.75) is 32.7 Å². The highest BCUT2D eigenvalue weighted by Gasteiger charge is 2.13. The SMILES string of the molecule is CCNC(=NCc1ccc(Cl)cc1OC)NCCCOCC1CCOCC1. The standard InChI is InChI=1S/C20H32ClN3O3/c1-3-22-20(24-14-17-5-6-18(21)13-19(17)25-2)23-9-4-10-27-15-16-7-11-26-12-8-16/h5-6,13,16H,3-4,7-12,14-15H2,1-2H3,(H2,22,23,24). The Kier molecular flexibility index (Phi) is 10.3. The molecule has 0 saturated carbocycles. The molecule has 1 heterocycles. The van der Waals surface area contributed by atoms with Crippen LogP contribution in [-0.4, -0.2) is 52.6 Å². The van der Waals surface area contributed by atoms with E-state index in [0.717, 1.165) is 76.1 Å². The van der Waals surface area contributed by atoms with Crippen molar-refractivity contribution < 1.29 is 14.2 Å². The van der Waals surface area contributed by atoms with Gasteiger partial charge < -0.3 is 24.8 Å². The lowest BCUT2D eigenvalue weighted by molar-refractivity contribution is 0.0203. The lowest BCUT2D eigenvalue weighted by Crippen LogP contribution is -2.38. The first kappa shape index (κ1) is 21.8. The Morgan fingerprint density at radius 3 is 2.85 bits per heavy atom. The van der Waals surface area contributed by atoms with Crippen molar-refractivity contribution in [1.82, 2.24) is 10.6 Å². The second kappa shape index (κ2) is 12.8. The zero-order valence-electron chi connectivity index (χ0n) is 16.4. The molecule has 0 amide bonds. The van der Waals surface area contributed by atoms with E-state index >= 15 is 0 Å². The number of nitrogens with one attached hydrogen (secondary N) is 2. The van der Waals surface area contributed by atoms with Gasteiger partial charge in [0.1, 0.15) is 5.75 Å². The number of guanidine groups is 1. The number of aliphatic imine (C=N–C) groups is 1. The molecule has 0 atom stereocenters. The van der Waals surface area contributed by atoms with Crippen LogP contribution in [0.15, 0.2) is 23.2 Å². The smallest absolute Gasteiger partial charge is 0.191 e. The van der Waals surface area contributed by atoms with Crippen LogP contribution in [-0.2, 0) is 16.0 Å². The molecule has 1 aromatic rings. The highest BCUT2D eigenvalue weighted by Crippen LogP contribution is 2.23. The number of ether oxygens (including phenoxy) is 3. The van der Waals surface area contributed by atoms with Gasteiger partial charge in [-0.25, -0.2) is 4.99 Å². The largest absolute Gasteiger partial charge is 0.496 e. The molecule has 0 spiro atoms. The van der Waals surface area contributed by atoms with Gasteiger partial charge in [0.05, 0.1) is 13.7 Å². The third kappa shape index (κ3) is 8.37. The van der Waals surface area contributed by atoms with Crippen LogP contribution < -0.4 is 15.4 Å². The second-order valence-corrected chi connectivity index (χ2v) is 7.00. The fourth-order valence-corrected chi connectivity index (χ4v) is 3.06. The van der Waals surface area contributed by atoms with Crippen LogP contribution in [0.1, 0.15) is 31.7 Å². The van der Waals surface area contributed by atoms with Gasteiger partial charge in [-0.05, 0) is 44.2 Å². The molecule has 2 rings (SSSR count). The highest BCUT2D eigenvalue weighted by atomic mass is 35.5. The molecule has 0 aliphatic carbocycles. The summed E-state index contributed by atoms with van der Waals surface area (Å²) in [5.41, 5.74) is 0.999. The van der Waals surface area contributed by atoms with E-state index in [1.54, 1.807) is 7.11 Å². The Morgan fingerprint density at radius 1 is 1.30 bits per heavy atom. The summed E-state index contributed by atoms with van der Waals surface area (Å²) in [5.74, 6) is 2.20. The summed E-state index contributed by atoms with van der Waals surface area (Å²) in [6.45, 7) is 7.55. The van der Waals surface area contributed by atoms with Crippen LogP contribution in [0.3, 0.4) is 0 Å². The van der Waals surface area contributed by atoms with Gasteiger partial charge >= 0.3 is 0 Å². The van der Waals surface area contributed by atoms with Crippen LogP contribution >= 0.6 is 11.6 Å². The summed E-state index contributed by atoms with van der Waals surface area (Å²) >= 11 is 6.01. The zero-order valence-corrected chi connectivity index (χ0v) is 17.2. The Bertz CT molecular complexity index is 578. The zero-order chi connectivity index (χ0) is 19.3. The minimum Gasteiger partial charge on any atom is -0.496 e. The summed E-state index contributed by atoms with van der Waals surface area (Å²) in [4.78, 5) is 4.63. The topological polar surface area (TPSA) is 64.1 Å². The fraction of sp³-hybridized carbons (Fsp3) is 0.650. The van der Waals surface area contributed by atoms with Crippen LogP contribution in [0.2, 0.25) is 5.02 Å². The minimum absolute atomic E-state index is 0.524. The molecular formula is C20H32ClN3O3. The molecule has 7 heteroatoms. The Morgan fingerprint density at radius 2 is 2.11 bits per heavy atom. The molecule has 1 aliphatic rings. The molecule has 152 valence electrons. The van der Waals surface area contributed by atoms with Gasteiger partial charge in [-0.15, -0.1) is 0 Å². The Hall–Kier alpha value is -1.50. The van der Waals surface area contributed by atoms with Gasteiger partial charge in [0.25, 0.3) is 0 Å². The van der Waals surface area contributed by atoms with Gasteiger partial charge in [-0.2, -0.15) is 0 Å². The number of rotatable bonds is 10. The van der Waals surface area contributed by atoms with E-state index in [1.807, 2.05) is 18.2 Å². The van der Waals surface area contributed by atoms with Crippen LogP contribution in [0.5, 0.6) is 5.75 Å². The van der Waals surface area contributed by atoms with E-state index in [9.17, 15) is 0 Å². The molecule has 0 bridgehead atoms. The first-order valence-corrected chi connectivity index (χ1v) is 10.1. The normalized spacial score (nSPS) is 15.6. The average molecular weight is 398 g/mol. The Balaban J connectivity index is 1.70.